The number of hydrogen-bond donors (Lipinski definition) is 1. The van der Waals surface area contributed by atoms with Gasteiger partial charge in [-0.15, -0.1) is 0 Å². The van der Waals surface area contributed by atoms with Gasteiger partial charge >= 0.3 is 5.97 Å². The van der Waals surface area contributed by atoms with Crippen molar-refractivity contribution in [1.82, 2.24) is 14.5 Å². The summed E-state index contributed by atoms with van der Waals surface area (Å²) in [6.07, 6.45) is 1.04. The van der Waals surface area contributed by atoms with Crippen LogP contribution in [0.15, 0.2) is 65.6 Å². The molecule has 0 aliphatic carbocycles. The Morgan fingerprint density at radius 1 is 0.970 bits per heavy atom. The monoisotopic (exact) mass is 475 g/mol. The second-order valence-corrected chi connectivity index (χ2v) is 9.65. The molecular weight excluding hydrogens is 438 g/mol. The number of rotatable bonds is 5. The highest BCUT2D eigenvalue weighted by molar-refractivity contribution is 7.89. The normalized spacial score (nSPS) is 18.9. The number of ether oxygens (including phenoxy) is 1. The van der Waals surface area contributed by atoms with E-state index in [1.165, 1.54) is 16.8 Å². The van der Waals surface area contributed by atoms with Gasteiger partial charge < -0.3 is 10.1 Å². The molecule has 4 rings (SSSR count). The molecule has 0 spiro atoms. The molecule has 33 heavy (non-hydrogen) atoms. The summed E-state index contributed by atoms with van der Waals surface area (Å²) in [5, 5.41) is 3.13. The average Bonchev–Trinajstić information content (AvgIpc) is 3.28. The first kappa shape index (κ1) is 27.0. The highest BCUT2D eigenvalue weighted by Crippen LogP contribution is 2.16. The lowest BCUT2D eigenvalue weighted by atomic mass is 10.2. The smallest absolute Gasteiger partial charge is 0.302 e. The van der Waals surface area contributed by atoms with E-state index in [-0.39, 0.29) is 12.1 Å². The largest absolute Gasteiger partial charge is 0.461 e. The van der Waals surface area contributed by atoms with Gasteiger partial charge in [-0.3, -0.25) is 9.69 Å². The molecule has 2 fully saturated rings. The molecule has 2 aliphatic rings. The number of esters is 1. The second-order valence-electron chi connectivity index (χ2n) is 7.71. The second kappa shape index (κ2) is 14.1. The zero-order valence-electron chi connectivity index (χ0n) is 19.9. The number of carbonyl (C=O) groups excluding carboxylic acids is 1. The first-order valence-electron chi connectivity index (χ1n) is 11.6. The molecule has 2 aromatic carbocycles. The molecule has 7 nitrogen and oxygen atoms in total. The van der Waals surface area contributed by atoms with Crippen molar-refractivity contribution < 1.29 is 17.9 Å². The van der Waals surface area contributed by atoms with Crippen LogP contribution in [0.5, 0.6) is 0 Å². The van der Waals surface area contributed by atoms with Crippen LogP contribution in [0.3, 0.4) is 0 Å². The van der Waals surface area contributed by atoms with Gasteiger partial charge in [0.25, 0.3) is 0 Å². The summed E-state index contributed by atoms with van der Waals surface area (Å²) in [5.74, 6) is -0.174. The fraction of sp³-hybridized carbons (Fsp3) is 0.480. The van der Waals surface area contributed by atoms with E-state index in [1.807, 2.05) is 26.0 Å². The van der Waals surface area contributed by atoms with E-state index in [4.69, 9.17) is 4.74 Å². The number of nitrogens with zero attached hydrogens (tertiary/aromatic N) is 2. The Morgan fingerprint density at radius 2 is 1.55 bits per heavy atom. The van der Waals surface area contributed by atoms with Crippen LogP contribution in [0.2, 0.25) is 0 Å². The Labute approximate surface area is 198 Å². The molecule has 0 amide bonds. The standard InChI is InChI=1S/C13H17NO2.C10H14N2O2S.C2H6/c1-11(15)16-13-7-8-14(10-13)9-12-5-3-2-4-6-12;13-15(14,10-4-2-1-3-5-10)12-8-6-11-7-9-12;1-2/h2-6,13H,7-10H2,1H3;1-5,11H,6-9H2;1-2H3/t13-;;/m0../s1. The lowest BCUT2D eigenvalue weighted by Gasteiger charge is -2.26. The van der Waals surface area contributed by atoms with Crippen molar-refractivity contribution in [3.05, 3.63) is 66.2 Å². The fourth-order valence-corrected chi connectivity index (χ4v) is 5.20. The highest BCUT2D eigenvalue weighted by Gasteiger charge is 2.25. The first-order chi connectivity index (χ1) is 15.9. The minimum absolute atomic E-state index is 0.0845. The first-order valence-corrected chi connectivity index (χ1v) is 13.1. The summed E-state index contributed by atoms with van der Waals surface area (Å²) in [5.41, 5.74) is 1.31. The maximum atomic E-state index is 12.1. The zero-order valence-corrected chi connectivity index (χ0v) is 20.8. The predicted octanol–water partition coefficient (Wildman–Crippen LogP) is 3.13. The number of nitrogens with one attached hydrogen (secondary N) is 1. The fourth-order valence-electron chi connectivity index (χ4n) is 3.74. The van der Waals surface area contributed by atoms with Crippen molar-refractivity contribution in [2.45, 2.75) is 44.7 Å². The molecule has 2 heterocycles. The average molecular weight is 476 g/mol. The Kier molecular flexibility index (Phi) is 11.5. The molecule has 2 saturated heterocycles. The van der Waals surface area contributed by atoms with Crippen molar-refractivity contribution in [1.29, 1.82) is 0 Å². The van der Waals surface area contributed by atoms with Crippen molar-refractivity contribution in [2.75, 3.05) is 39.3 Å². The summed E-state index contributed by atoms with van der Waals surface area (Å²) < 4.78 is 30.9. The summed E-state index contributed by atoms with van der Waals surface area (Å²) in [4.78, 5) is 13.5. The number of benzene rings is 2. The topological polar surface area (TPSA) is 79.0 Å². The number of carbonyl (C=O) groups is 1. The maximum Gasteiger partial charge on any atom is 0.302 e. The Hall–Kier alpha value is -2.26. The molecule has 2 aliphatic heterocycles. The highest BCUT2D eigenvalue weighted by atomic mass is 32.2. The van der Waals surface area contributed by atoms with Gasteiger partial charge in [-0.2, -0.15) is 4.31 Å². The van der Waals surface area contributed by atoms with Crippen LogP contribution in [0.1, 0.15) is 32.8 Å². The van der Waals surface area contributed by atoms with Gasteiger partial charge in [0, 0.05) is 52.7 Å². The van der Waals surface area contributed by atoms with E-state index < -0.39 is 10.0 Å². The van der Waals surface area contributed by atoms with Gasteiger partial charge in [-0.25, -0.2) is 8.42 Å². The molecule has 182 valence electrons. The molecule has 8 heteroatoms. The predicted molar refractivity (Wildman–Crippen MR) is 131 cm³/mol. The molecule has 0 radical (unpaired) electrons. The number of sulfonamides is 1. The van der Waals surface area contributed by atoms with E-state index in [0.29, 0.717) is 18.0 Å². The molecular formula is C25H37N3O4S. The van der Waals surface area contributed by atoms with E-state index in [2.05, 4.69) is 34.5 Å². The molecule has 0 unspecified atom stereocenters. The number of hydrogen-bond acceptors (Lipinski definition) is 6. The molecule has 0 bridgehead atoms. The quantitative estimate of drug-likeness (QED) is 0.670. The van der Waals surface area contributed by atoms with Crippen molar-refractivity contribution in [3.63, 3.8) is 0 Å². The minimum Gasteiger partial charge on any atom is -0.461 e. The Bertz CT molecular complexity index is 917. The summed E-state index contributed by atoms with van der Waals surface area (Å²) in [7, 11) is -3.27. The summed E-state index contributed by atoms with van der Waals surface area (Å²) >= 11 is 0. The van der Waals surface area contributed by atoms with Gasteiger partial charge in [0.1, 0.15) is 6.10 Å². The SMILES string of the molecule is CC.CC(=O)O[C@H]1CCN(Cc2ccccc2)C1.O=S(=O)(c1ccccc1)N1CCNCC1. The molecule has 1 atom stereocenters. The Balaban J connectivity index is 0.000000218. The lowest BCUT2D eigenvalue weighted by Crippen LogP contribution is -2.46. The van der Waals surface area contributed by atoms with Crippen molar-refractivity contribution >= 4 is 16.0 Å². The number of piperazine rings is 1. The molecule has 1 N–H and O–H groups in total. The van der Waals surface area contributed by atoms with Crippen LogP contribution >= 0.6 is 0 Å². The van der Waals surface area contributed by atoms with Crippen molar-refractivity contribution in [2.24, 2.45) is 0 Å². The van der Waals surface area contributed by atoms with Crippen molar-refractivity contribution in [3.8, 4) is 0 Å². The molecule has 2 aromatic rings. The van der Waals surface area contributed by atoms with Crippen LogP contribution < -0.4 is 5.32 Å². The van der Waals surface area contributed by atoms with Gasteiger partial charge in [-0.1, -0.05) is 62.4 Å². The van der Waals surface area contributed by atoms with E-state index in [0.717, 1.165) is 39.1 Å². The van der Waals surface area contributed by atoms with E-state index >= 15 is 0 Å². The summed E-state index contributed by atoms with van der Waals surface area (Å²) in [6, 6.07) is 19.0. The minimum atomic E-state index is -3.27. The van der Waals surface area contributed by atoms with E-state index in [1.54, 1.807) is 24.3 Å². The van der Waals surface area contributed by atoms with Gasteiger partial charge in [-0.05, 0) is 24.1 Å². The van der Waals surface area contributed by atoms with Gasteiger partial charge in [0.2, 0.25) is 10.0 Å². The third-order valence-electron chi connectivity index (χ3n) is 5.27. The maximum absolute atomic E-state index is 12.1. The summed E-state index contributed by atoms with van der Waals surface area (Å²) in [6.45, 7) is 10.8. The lowest BCUT2D eigenvalue weighted by molar-refractivity contribution is -0.145. The van der Waals surface area contributed by atoms with Crippen LogP contribution in [0.4, 0.5) is 0 Å². The third-order valence-corrected chi connectivity index (χ3v) is 7.18. The number of likely N-dealkylation sites (tertiary alicyclic amines) is 1. The van der Waals surface area contributed by atoms with Crippen LogP contribution in [-0.2, 0) is 26.1 Å². The third kappa shape index (κ3) is 8.89. The van der Waals surface area contributed by atoms with E-state index in [9.17, 15) is 13.2 Å². The van der Waals surface area contributed by atoms with Crippen LogP contribution in [-0.4, -0.2) is 69.0 Å². The van der Waals surface area contributed by atoms with Gasteiger partial charge in [0.05, 0.1) is 4.90 Å². The Morgan fingerprint density at radius 3 is 2.12 bits per heavy atom. The van der Waals surface area contributed by atoms with Crippen LogP contribution in [0, 0.1) is 0 Å². The van der Waals surface area contributed by atoms with Gasteiger partial charge in [0.15, 0.2) is 0 Å². The molecule has 0 saturated carbocycles. The molecule has 0 aromatic heterocycles. The van der Waals surface area contributed by atoms with Crippen LogP contribution in [0.25, 0.3) is 0 Å². The zero-order chi connectivity index (χ0) is 24.1.